The first kappa shape index (κ1) is 24.0. The van der Waals surface area contributed by atoms with Crippen LogP contribution in [0.25, 0.3) is 10.8 Å². The van der Waals surface area contributed by atoms with Gasteiger partial charge in [-0.3, -0.25) is 0 Å². The van der Waals surface area contributed by atoms with Gasteiger partial charge in [0, 0.05) is 61.2 Å². The van der Waals surface area contributed by atoms with E-state index in [1.54, 1.807) is 12.3 Å². The molecule has 1 saturated heterocycles. The molecule has 210 valence electrons. The summed E-state index contributed by atoms with van der Waals surface area (Å²) in [5.41, 5.74) is 2.21. The second-order valence-electron chi connectivity index (χ2n) is 11.3. The van der Waals surface area contributed by atoms with E-state index < -0.39 is 29.2 Å². The fourth-order valence-corrected chi connectivity index (χ4v) is 7.04. The number of benzene rings is 1. The second kappa shape index (κ2) is 11.0. The summed E-state index contributed by atoms with van der Waals surface area (Å²) in [4.78, 5) is 15.9. The van der Waals surface area contributed by atoms with Gasteiger partial charge in [0.25, 0.3) is 0 Å². The van der Waals surface area contributed by atoms with Crippen LogP contribution >= 0.6 is 0 Å². The lowest BCUT2D eigenvalue weighted by Gasteiger charge is -2.48. The third kappa shape index (κ3) is 5.87. The first-order valence-corrected chi connectivity index (χ1v) is 15.5. The molecule has 1 N–H and O–H groups in total. The van der Waals surface area contributed by atoms with Crippen LogP contribution < -0.4 is 10.2 Å². The molecule has 0 radical (unpaired) electrons. The summed E-state index contributed by atoms with van der Waals surface area (Å²) in [6.45, 7) is 7.03. The maximum atomic E-state index is 14.8. The third-order valence-electron chi connectivity index (χ3n) is 8.12. The molecule has 0 unspecified atom stereocenters. The summed E-state index contributed by atoms with van der Waals surface area (Å²) in [6.07, 6.45) is 3.29. The molecule has 1 aromatic carbocycles. The lowest BCUT2D eigenvalue weighted by atomic mass is 9.85. The Morgan fingerprint density at radius 2 is 2.03 bits per heavy atom. The molecule has 5 rings (SSSR count). The zero-order valence-corrected chi connectivity index (χ0v) is 23.6. The molecule has 1 saturated carbocycles. The largest absolute Gasteiger partial charge is 0.378 e. The number of ether oxygens (including phenoxy) is 1. The molecule has 0 amide bonds. The van der Waals surface area contributed by atoms with Crippen molar-refractivity contribution in [2.24, 2.45) is 5.92 Å². The maximum Gasteiger partial charge on any atom is 0.147 e. The van der Waals surface area contributed by atoms with Crippen LogP contribution in [0.3, 0.4) is 0 Å². The van der Waals surface area contributed by atoms with Crippen molar-refractivity contribution in [3.05, 3.63) is 48.0 Å². The standard InChI is InChI=1S/C29H38FN5O3S/c1-17(2)21-7-8-25(35-15-20(18(35)3)16-39(5,36)37)23-14-32-28(13-22(21)23)33-27-10-11-31-29(34-27)19-6-9-26(38-4)24(30)12-19/h7-8,10-11,13-14,17-20,24,26H,6,9,12,15-16H2,1-5H3,(H,31,32,33,34)/t18-,19+,20-,24+,26-/m1/s1/i4D3. The number of hydrogen-bond donors (Lipinski definition) is 1. The van der Waals surface area contributed by atoms with Crippen molar-refractivity contribution in [2.75, 3.05) is 35.8 Å². The normalized spacial score (nSPS) is 27.1. The minimum absolute atomic E-state index is 0.0949. The minimum Gasteiger partial charge on any atom is -0.378 e. The highest BCUT2D eigenvalue weighted by Gasteiger charge is 2.38. The molecule has 2 aromatic heterocycles. The fraction of sp³-hybridized carbons (Fsp3) is 0.552. The Morgan fingerprint density at radius 3 is 2.72 bits per heavy atom. The van der Waals surface area contributed by atoms with Crippen LogP contribution in [-0.4, -0.2) is 67.3 Å². The molecular formula is C29H38FN5O3S. The SMILES string of the molecule is [2H]C([2H])([2H])O[C@@H]1CC[C@H](c2nccc(Nc3cc4c(C(C)C)ccc(N5C[C@H](CS(C)(=O)=O)[C@H]5C)c4cn3)n2)C[C@@H]1F. The van der Waals surface area contributed by atoms with E-state index in [0.29, 0.717) is 30.4 Å². The Morgan fingerprint density at radius 1 is 1.21 bits per heavy atom. The van der Waals surface area contributed by atoms with Gasteiger partial charge >= 0.3 is 0 Å². The van der Waals surface area contributed by atoms with Gasteiger partial charge < -0.3 is 15.0 Å². The molecule has 2 aliphatic rings. The van der Waals surface area contributed by atoms with Crippen molar-refractivity contribution in [1.29, 1.82) is 0 Å². The van der Waals surface area contributed by atoms with E-state index in [4.69, 9.17) is 8.85 Å². The van der Waals surface area contributed by atoms with E-state index >= 15 is 0 Å². The first-order valence-electron chi connectivity index (χ1n) is 15.0. The molecule has 3 heterocycles. The number of hydrogen-bond acceptors (Lipinski definition) is 8. The molecule has 1 aliphatic carbocycles. The number of sulfone groups is 1. The van der Waals surface area contributed by atoms with Gasteiger partial charge in [-0.15, -0.1) is 0 Å². The van der Waals surface area contributed by atoms with Crippen LogP contribution in [0.5, 0.6) is 0 Å². The highest BCUT2D eigenvalue weighted by Crippen LogP contribution is 2.40. The van der Waals surface area contributed by atoms with E-state index in [1.807, 2.05) is 12.3 Å². The second-order valence-corrected chi connectivity index (χ2v) is 13.5. The number of alkyl halides is 1. The molecule has 5 atom stereocenters. The van der Waals surface area contributed by atoms with Gasteiger partial charge in [-0.2, -0.15) is 0 Å². The molecule has 3 aromatic rings. The average molecular weight is 559 g/mol. The predicted octanol–water partition coefficient (Wildman–Crippen LogP) is 5.38. The van der Waals surface area contributed by atoms with Crippen molar-refractivity contribution >= 4 is 37.9 Å². The summed E-state index contributed by atoms with van der Waals surface area (Å²) in [5.74, 6) is 1.94. The summed E-state index contributed by atoms with van der Waals surface area (Å²) in [6, 6.07) is 8.07. The van der Waals surface area contributed by atoms with Crippen LogP contribution in [0.2, 0.25) is 0 Å². The Hall–Kier alpha value is -2.85. The van der Waals surface area contributed by atoms with E-state index in [0.717, 1.165) is 16.5 Å². The highest BCUT2D eigenvalue weighted by atomic mass is 32.2. The molecule has 39 heavy (non-hydrogen) atoms. The Kier molecular flexibility index (Phi) is 6.74. The Balaban J connectivity index is 1.35. The number of nitrogens with one attached hydrogen (secondary N) is 1. The summed E-state index contributed by atoms with van der Waals surface area (Å²) >= 11 is 0. The quantitative estimate of drug-likeness (QED) is 0.394. The van der Waals surface area contributed by atoms with Crippen molar-refractivity contribution in [1.82, 2.24) is 15.0 Å². The lowest BCUT2D eigenvalue weighted by molar-refractivity contribution is -0.000440. The molecule has 0 bridgehead atoms. The zero-order chi connectivity index (χ0) is 30.4. The number of rotatable bonds is 8. The first-order chi connectivity index (χ1) is 19.7. The van der Waals surface area contributed by atoms with E-state index in [9.17, 15) is 12.8 Å². The molecule has 1 aliphatic heterocycles. The van der Waals surface area contributed by atoms with Crippen LogP contribution in [0.4, 0.5) is 21.7 Å². The van der Waals surface area contributed by atoms with Gasteiger partial charge in [-0.1, -0.05) is 19.9 Å². The number of halogens is 1. The smallest absolute Gasteiger partial charge is 0.147 e. The van der Waals surface area contributed by atoms with E-state index in [2.05, 4.69) is 58.1 Å². The predicted molar refractivity (Wildman–Crippen MR) is 153 cm³/mol. The zero-order valence-electron chi connectivity index (χ0n) is 25.8. The number of fused-ring (bicyclic) bond motifs is 1. The highest BCUT2D eigenvalue weighted by molar-refractivity contribution is 7.90. The lowest BCUT2D eigenvalue weighted by Crippen LogP contribution is -2.57. The summed E-state index contributed by atoms with van der Waals surface area (Å²) in [7, 11) is -5.67. The van der Waals surface area contributed by atoms with Crippen molar-refractivity contribution in [3.63, 3.8) is 0 Å². The number of nitrogens with zero attached hydrogens (tertiary/aromatic N) is 4. The van der Waals surface area contributed by atoms with Crippen molar-refractivity contribution in [2.45, 2.75) is 70.2 Å². The van der Waals surface area contributed by atoms with Crippen LogP contribution in [-0.2, 0) is 14.6 Å². The Bertz CT molecular complexity index is 1560. The summed E-state index contributed by atoms with van der Waals surface area (Å²) < 4.78 is 65.2. The number of anilines is 3. The Labute approximate surface area is 234 Å². The number of aromatic nitrogens is 3. The van der Waals surface area contributed by atoms with E-state index in [1.165, 1.54) is 11.8 Å². The van der Waals surface area contributed by atoms with Gasteiger partial charge in [-0.25, -0.2) is 27.8 Å². The van der Waals surface area contributed by atoms with Gasteiger partial charge in [0.1, 0.15) is 33.5 Å². The molecule has 2 fully saturated rings. The van der Waals surface area contributed by atoms with Gasteiger partial charge in [0.05, 0.1) is 16.0 Å². The van der Waals surface area contributed by atoms with Gasteiger partial charge in [0.2, 0.25) is 0 Å². The molecule has 8 nitrogen and oxygen atoms in total. The van der Waals surface area contributed by atoms with E-state index in [-0.39, 0.29) is 42.4 Å². The minimum atomic E-state index is -3.04. The van der Waals surface area contributed by atoms with Crippen LogP contribution in [0.15, 0.2) is 36.7 Å². The van der Waals surface area contributed by atoms with Crippen LogP contribution in [0.1, 0.15) is 67.4 Å². The number of pyridine rings is 1. The summed E-state index contributed by atoms with van der Waals surface area (Å²) in [5, 5.41) is 5.34. The van der Waals surface area contributed by atoms with Gasteiger partial charge in [-0.05, 0) is 61.3 Å². The molecular weight excluding hydrogens is 517 g/mol. The van der Waals surface area contributed by atoms with Crippen LogP contribution in [0, 0.1) is 5.92 Å². The molecule has 10 heteroatoms. The average Bonchev–Trinajstić information content (AvgIpc) is 2.90. The molecule has 0 spiro atoms. The maximum absolute atomic E-state index is 14.8. The fourth-order valence-electron chi connectivity index (χ4n) is 5.88. The third-order valence-corrected chi connectivity index (χ3v) is 9.16. The number of methoxy groups -OCH3 is 1. The monoisotopic (exact) mass is 558 g/mol. The topological polar surface area (TPSA) is 97.3 Å². The van der Waals surface area contributed by atoms with Crippen molar-refractivity contribution in [3.8, 4) is 0 Å². The van der Waals surface area contributed by atoms with Gasteiger partial charge in [0.15, 0.2) is 0 Å². The van der Waals surface area contributed by atoms with Crippen molar-refractivity contribution < 1.29 is 21.7 Å².